The van der Waals surface area contributed by atoms with E-state index in [9.17, 15) is 0 Å². The fraction of sp³-hybridized carbons (Fsp3) is 0.300. The highest BCUT2D eigenvalue weighted by Crippen LogP contribution is 2.20. The molecular weight excluding hydrogens is 261 g/mol. The summed E-state index contributed by atoms with van der Waals surface area (Å²) in [7, 11) is 0. The highest BCUT2D eigenvalue weighted by atomic mass is 127. The summed E-state index contributed by atoms with van der Waals surface area (Å²) in [6.07, 6.45) is 0. The molecule has 0 radical (unpaired) electrons. The first kappa shape index (κ1) is 9.53. The normalized spacial score (nSPS) is 9.92. The van der Waals surface area contributed by atoms with Crippen LogP contribution < -0.4 is 0 Å². The molecule has 1 rings (SSSR count). The smallest absolute Gasteiger partial charge is 0.0995 e. The van der Waals surface area contributed by atoms with Crippen LogP contribution in [0.4, 0.5) is 0 Å². The number of benzene rings is 1. The van der Waals surface area contributed by atoms with E-state index in [0.29, 0.717) is 5.92 Å². The second-order valence-corrected chi connectivity index (χ2v) is 4.24. The second kappa shape index (κ2) is 3.90. The van der Waals surface area contributed by atoms with E-state index in [1.54, 1.807) is 0 Å². The third-order valence-electron chi connectivity index (χ3n) is 1.76. The Morgan fingerprint density at radius 3 is 2.58 bits per heavy atom. The van der Waals surface area contributed by atoms with Crippen LogP contribution >= 0.6 is 22.6 Å². The topological polar surface area (TPSA) is 23.8 Å². The van der Waals surface area contributed by atoms with Gasteiger partial charge in [-0.1, -0.05) is 19.9 Å². The molecule has 0 amide bonds. The number of rotatable bonds is 1. The predicted octanol–water partition coefficient (Wildman–Crippen LogP) is 3.29. The molecule has 0 saturated carbocycles. The fourth-order valence-electron chi connectivity index (χ4n) is 1.13. The minimum absolute atomic E-state index is 0.427. The Bertz CT molecular complexity index is 323. The van der Waals surface area contributed by atoms with E-state index in [2.05, 4.69) is 42.5 Å². The Morgan fingerprint density at radius 2 is 2.08 bits per heavy atom. The molecule has 0 aliphatic rings. The van der Waals surface area contributed by atoms with Crippen molar-refractivity contribution in [3.63, 3.8) is 0 Å². The predicted molar refractivity (Wildman–Crippen MR) is 58.0 cm³/mol. The van der Waals surface area contributed by atoms with Gasteiger partial charge in [-0.05, 0) is 46.2 Å². The number of hydrogen-bond acceptors (Lipinski definition) is 1. The molecule has 0 atom stereocenters. The van der Waals surface area contributed by atoms with Crippen LogP contribution in [0.15, 0.2) is 18.2 Å². The lowest BCUT2D eigenvalue weighted by Gasteiger charge is -2.06. The van der Waals surface area contributed by atoms with Crippen LogP contribution in [-0.4, -0.2) is 0 Å². The Kier molecular flexibility index (Phi) is 3.10. The summed E-state index contributed by atoms with van der Waals surface area (Å²) in [6, 6.07) is 8.21. The third kappa shape index (κ3) is 1.98. The molecule has 12 heavy (non-hydrogen) atoms. The molecule has 0 aliphatic carbocycles. The fourth-order valence-corrected chi connectivity index (χ4v) is 1.62. The van der Waals surface area contributed by atoms with Gasteiger partial charge in [0.15, 0.2) is 0 Å². The van der Waals surface area contributed by atoms with Gasteiger partial charge >= 0.3 is 0 Å². The minimum Gasteiger partial charge on any atom is -0.192 e. The molecule has 0 N–H and O–H groups in total. The average molecular weight is 271 g/mol. The Balaban J connectivity index is 3.23. The SMILES string of the molecule is CC(C)c1ccc(I)cc1C#N. The summed E-state index contributed by atoms with van der Waals surface area (Å²) >= 11 is 2.22. The Labute approximate surface area is 86.5 Å². The van der Waals surface area contributed by atoms with Gasteiger partial charge < -0.3 is 0 Å². The summed E-state index contributed by atoms with van der Waals surface area (Å²) in [5, 5.41) is 8.84. The van der Waals surface area contributed by atoms with Crippen LogP contribution in [0.2, 0.25) is 0 Å². The van der Waals surface area contributed by atoms with Gasteiger partial charge in [0, 0.05) is 3.57 Å². The van der Waals surface area contributed by atoms with Crippen molar-refractivity contribution >= 4 is 22.6 Å². The van der Waals surface area contributed by atoms with Gasteiger partial charge in [-0.25, -0.2) is 0 Å². The lowest BCUT2D eigenvalue weighted by molar-refractivity contribution is 0.862. The molecule has 2 heteroatoms. The van der Waals surface area contributed by atoms with Crippen molar-refractivity contribution in [2.45, 2.75) is 19.8 Å². The summed E-state index contributed by atoms with van der Waals surface area (Å²) in [5.74, 6) is 0.427. The first-order valence-corrected chi connectivity index (χ1v) is 4.92. The first-order chi connectivity index (χ1) is 5.65. The monoisotopic (exact) mass is 271 g/mol. The largest absolute Gasteiger partial charge is 0.192 e. The molecule has 0 saturated heterocycles. The van der Waals surface area contributed by atoms with Crippen LogP contribution in [0, 0.1) is 14.9 Å². The maximum absolute atomic E-state index is 8.84. The number of hydrogen-bond donors (Lipinski definition) is 0. The Morgan fingerprint density at radius 1 is 1.42 bits per heavy atom. The van der Waals surface area contributed by atoms with Crippen LogP contribution in [0.5, 0.6) is 0 Å². The molecule has 0 aliphatic heterocycles. The van der Waals surface area contributed by atoms with Crippen LogP contribution in [0.3, 0.4) is 0 Å². The number of nitriles is 1. The highest BCUT2D eigenvalue weighted by Gasteiger charge is 2.05. The van der Waals surface area contributed by atoms with Crippen molar-refractivity contribution in [2.24, 2.45) is 0 Å². The van der Waals surface area contributed by atoms with Crippen molar-refractivity contribution in [2.75, 3.05) is 0 Å². The van der Waals surface area contributed by atoms with Gasteiger partial charge in [0.05, 0.1) is 11.6 Å². The van der Waals surface area contributed by atoms with Gasteiger partial charge in [-0.3, -0.25) is 0 Å². The molecule has 1 aromatic rings. The van der Waals surface area contributed by atoms with Crippen molar-refractivity contribution < 1.29 is 0 Å². The second-order valence-electron chi connectivity index (χ2n) is 3.00. The lowest BCUT2D eigenvalue weighted by Crippen LogP contribution is -1.92. The quantitative estimate of drug-likeness (QED) is 0.719. The van der Waals surface area contributed by atoms with Gasteiger partial charge in [0.25, 0.3) is 0 Å². The maximum Gasteiger partial charge on any atom is 0.0995 e. The van der Waals surface area contributed by atoms with Gasteiger partial charge in [0.2, 0.25) is 0 Å². The van der Waals surface area contributed by atoms with E-state index in [-0.39, 0.29) is 0 Å². The zero-order chi connectivity index (χ0) is 9.14. The van der Waals surface area contributed by atoms with E-state index in [1.807, 2.05) is 18.2 Å². The minimum atomic E-state index is 0.427. The standard InChI is InChI=1S/C10H10IN/c1-7(2)10-4-3-9(11)5-8(10)6-12/h3-5,7H,1-2H3. The van der Waals surface area contributed by atoms with E-state index in [1.165, 1.54) is 0 Å². The Hall–Kier alpha value is -0.560. The molecule has 0 bridgehead atoms. The summed E-state index contributed by atoms with van der Waals surface area (Å²) in [6.45, 7) is 4.20. The van der Waals surface area contributed by atoms with Gasteiger partial charge in [-0.15, -0.1) is 0 Å². The molecule has 0 unspecified atom stereocenters. The zero-order valence-electron chi connectivity index (χ0n) is 7.13. The van der Waals surface area contributed by atoms with E-state index in [4.69, 9.17) is 5.26 Å². The molecule has 0 spiro atoms. The van der Waals surface area contributed by atoms with Crippen LogP contribution in [-0.2, 0) is 0 Å². The van der Waals surface area contributed by atoms with E-state index < -0.39 is 0 Å². The molecular formula is C10H10IN. The lowest BCUT2D eigenvalue weighted by atomic mass is 9.98. The van der Waals surface area contributed by atoms with Crippen molar-refractivity contribution in [1.29, 1.82) is 5.26 Å². The highest BCUT2D eigenvalue weighted by molar-refractivity contribution is 14.1. The summed E-state index contributed by atoms with van der Waals surface area (Å²) in [4.78, 5) is 0. The van der Waals surface area contributed by atoms with E-state index in [0.717, 1.165) is 14.7 Å². The first-order valence-electron chi connectivity index (χ1n) is 3.84. The molecule has 0 fully saturated rings. The molecule has 62 valence electrons. The summed E-state index contributed by atoms with van der Waals surface area (Å²) < 4.78 is 1.12. The zero-order valence-corrected chi connectivity index (χ0v) is 9.29. The van der Waals surface area contributed by atoms with Crippen LogP contribution in [0.1, 0.15) is 30.9 Å². The van der Waals surface area contributed by atoms with Crippen LogP contribution in [0.25, 0.3) is 0 Å². The average Bonchev–Trinajstić information content (AvgIpc) is 2.03. The number of halogens is 1. The molecule has 0 heterocycles. The van der Waals surface area contributed by atoms with Crippen molar-refractivity contribution in [1.82, 2.24) is 0 Å². The van der Waals surface area contributed by atoms with Gasteiger partial charge in [-0.2, -0.15) is 5.26 Å². The van der Waals surface area contributed by atoms with Gasteiger partial charge in [0.1, 0.15) is 0 Å². The maximum atomic E-state index is 8.84. The van der Waals surface area contributed by atoms with Crippen molar-refractivity contribution in [3.8, 4) is 6.07 Å². The molecule has 1 aromatic carbocycles. The third-order valence-corrected chi connectivity index (χ3v) is 2.43. The number of nitrogens with zero attached hydrogens (tertiary/aromatic N) is 1. The molecule has 0 aromatic heterocycles. The van der Waals surface area contributed by atoms with E-state index >= 15 is 0 Å². The molecule has 1 nitrogen and oxygen atoms in total. The summed E-state index contributed by atoms with van der Waals surface area (Å²) in [5.41, 5.74) is 1.94. The van der Waals surface area contributed by atoms with Crippen molar-refractivity contribution in [3.05, 3.63) is 32.9 Å².